The maximum absolute atomic E-state index is 12.6. The van der Waals surface area contributed by atoms with E-state index in [2.05, 4.69) is 10.3 Å². The van der Waals surface area contributed by atoms with E-state index < -0.39 is 0 Å². The maximum atomic E-state index is 12.6. The first-order chi connectivity index (χ1) is 15.7. The molecule has 0 radical (unpaired) electrons. The van der Waals surface area contributed by atoms with Crippen LogP contribution in [-0.2, 0) is 11.2 Å². The number of hydrogen-bond donors (Lipinski definition) is 1. The number of aryl methyl sites for hydroxylation is 1. The fraction of sp³-hybridized carbons (Fsp3) is 0.261. The molecule has 0 saturated carbocycles. The molecule has 2 amide bonds. The molecule has 1 heterocycles. The van der Waals surface area contributed by atoms with Gasteiger partial charge < -0.3 is 24.1 Å². The smallest absolute Gasteiger partial charge is 0.255 e. The summed E-state index contributed by atoms with van der Waals surface area (Å²) >= 11 is 12.1. The lowest BCUT2D eigenvalue weighted by atomic mass is 10.1. The summed E-state index contributed by atoms with van der Waals surface area (Å²) in [6.07, 6.45) is 1.88. The molecular formula is C23H23Cl2N3O5. The van der Waals surface area contributed by atoms with Crippen molar-refractivity contribution >= 4 is 40.7 Å². The molecule has 10 heteroatoms. The number of nitrogens with one attached hydrogen (secondary N) is 1. The maximum Gasteiger partial charge on any atom is 0.255 e. The van der Waals surface area contributed by atoms with Crippen LogP contribution in [0, 0.1) is 0 Å². The molecule has 2 aromatic carbocycles. The summed E-state index contributed by atoms with van der Waals surface area (Å²) in [4.78, 5) is 30.9. The second-order valence-electron chi connectivity index (χ2n) is 7.24. The van der Waals surface area contributed by atoms with Crippen molar-refractivity contribution in [1.29, 1.82) is 0 Å². The Bertz CT molecular complexity index is 1180. The number of anilines is 1. The van der Waals surface area contributed by atoms with E-state index in [4.69, 9.17) is 37.1 Å². The normalized spacial score (nSPS) is 10.6. The second-order valence-corrected chi connectivity index (χ2v) is 8.09. The van der Waals surface area contributed by atoms with Crippen LogP contribution in [0.2, 0.25) is 10.0 Å². The summed E-state index contributed by atoms with van der Waals surface area (Å²) in [7, 11) is 6.20. The highest BCUT2D eigenvalue weighted by Crippen LogP contribution is 2.34. The van der Waals surface area contributed by atoms with Gasteiger partial charge in [-0.1, -0.05) is 23.2 Å². The summed E-state index contributed by atoms with van der Waals surface area (Å²) in [6.45, 7) is 0. The third-order valence-electron chi connectivity index (χ3n) is 4.75. The van der Waals surface area contributed by atoms with Crippen molar-refractivity contribution in [3.05, 3.63) is 58.0 Å². The predicted molar refractivity (Wildman–Crippen MR) is 126 cm³/mol. The van der Waals surface area contributed by atoms with E-state index in [1.54, 1.807) is 44.6 Å². The van der Waals surface area contributed by atoms with Crippen molar-refractivity contribution < 1.29 is 23.5 Å². The van der Waals surface area contributed by atoms with Gasteiger partial charge in [-0.3, -0.25) is 9.59 Å². The number of oxazole rings is 1. The molecule has 174 valence electrons. The Balaban J connectivity index is 1.73. The average Bonchev–Trinajstić information content (AvgIpc) is 3.25. The zero-order valence-electron chi connectivity index (χ0n) is 18.6. The number of benzene rings is 2. The molecule has 8 nitrogen and oxygen atoms in total. The van der Waals surface area contributed by atoms with Gasteiger partial charge in [0.15, 0.2) is 23.1 Å². The van der Waals surface area contributed by atoms with Crippen LogP contribution >= 0.6 is 23.2 Å². The van der Waals surface area contributed by atoms with Crippen LogP contribution in [0.15, 0.2) is 40.9 Å². The molecule has 1 aromatic heterocycles. The summed E-state index contributed by atoms with van der Waals surface area (Å²) < 4.78 is 16.3. The van der Waals surface area contributed by atoms with Gasteiger partial charge in [-0.15, -0.1) is 0 Å². The van der Waals surface area contributed by atoms with E-state index in [0.717, 1.165) is 0 Å². The number of methoxy groups -OCH3 is 2. The molecule has 0 aliphatic heterocycles. The van der Waals surface area contributed by atoms with Crippen molar-refractivity contribution in [3.63, 3.8) is 0 Å². The van der Waals surface area contributed by atoms with Crippen LogP contribution in [0.5, 0.6) is 11.5 Å². The minimum atomic E-state index is -0.320. The zero-order chi connectivity index (χ0) is 24.1. The zero-order valence-corrected chi connectivity index (χ0v) is 20.1. The lowest BCUT2D eigenvalue weighted by Gasteiger charge is -2.17. The number of rotatable bonds is 8. The molecule has 0 atom stereocenters. The first-order valence-electron chi connectivity index (χ1n) is 9.91. The largest absolute Gasteiger partial charge is 0.493 e. The van der Waals surface area contributed by atoms with Crippen LogP contribution in [0.1, 0.15) is 22.7 Å². The van der Waals surface area contributed by atoms with E-state index in [-0.39, 0.29) is 30.2 Å². The molecule has 0 fully saturated rings. The molecule has 3 aromatic rings. The topological polar surface area (TPSA) is 93.9 Å². The van der Waals surface area contributed by atoms with Gasteiger partial charge in [0.1, 0.15) is 0 Å². The quantitative estimate of drug-likeness (QED) is 0.479. The van der Waals surface area contributed by atoms with Crippen LogP contribution < -0.4 is 14.8 Å². The van der Waals surface area contributed by atoms with E-state index in [9.17, 15) is 9.59 Å². The molecule has 33 heavy (non-hydrogen) atoms. The van der Waals surface area contributed by atoms with Crippen LogP contribution in [0.4, 0.5) is 5.69 Å². The third-order valence-corrected chi connectivity index (χ3v) is 5.30. The highest BCUT2D eigenvalue weighted by Gasteiger charge is 2.20. The molecular weight excluding hydrogens is 469 g/mol. The number of halogens is 2. The van der Waals surface area contributed by atoms with Gasteiger partial charge in [0.2, 0.25) is 5.91 Å². The summed E-state index contributed by atoms with van der Waals surface area (Å²) in [5, 5.41) is 3.72. The Morgan fingerprint density at radius 2 is 1.79 bits per heavy atom. The fourth-order valence-electron chi connectivity index (χ4n) is 3.07. The van der Waals surface area contributed by atoms with Crippen LogP contribution in [-0.4, -0.2) is 50.0 Å². The van der Waals surface area contributed by atoms with Crippen molar-refractivity contribution in [3.8, 4) is 22.8 Å². The van der Waals surface area contributed by atoms with E-state index in [1.165, 1.54) is 25.2 Å². The Hall–Kier alpha value is -3.23. The minimum absolute atomic E-state index is 0.0816. The standard InChI is InChI=1S/C23H23Cl2N3O5/c1-28(2)23(30)15-10-18(31-3)19(32-4)11-17(15)27-21(29)7-8-22-26-12-20(33-22)14-6-5-13(24)9-16(14)25/h5-6,9-12H,7-8H2,1-4H3,(H,27,29). The minimum Gasteiger partial charge on any atom is -0.493 e. The first-order valence-corrected chi connectivity index (χ1v) is 10.7. The number of carbonyl (C=O) groups is 2. The van der Waals surface area contributed by atoms with Gasteiger partial charge in [-0.2, -0.15) is 0 Å². The number of carbonyl (C=O) groups excluding carboxylic acids is 2. The average molecular weight is 492 g/mol. The van der Waals surface area contributed by atoms with Gasteiger partial charge in [0.25, 0.3) is 5.91 Å². The van der Waals surface area contributed by atoms with Crippen LogP contribution in [0.25, 0.3) is 11.3 Å². The Morgan fingerprint density at radius 1 is 1.09 bits per heavy atom. The monoisotopic (exact) mass is 491 g/mol. The first kappa shape index (κ1) is 24.4. The summed E-state index contributed by atoms with van der Waals surface area (Å²) in [5.74, 6) is 1.02. The molecule has 3 rings (SSSR count). The van der Waals surface area contributed by atoms with E-state index in [0.29, 0.717) is 44.4 Å². The highest BCUT2D eigenvalue weighted by atomic mass is 35.5. The number of nitrogens with zero attached hydrogens (tertiary/aromatic N) is 2. The second kappa shape index (κ2) is 10.6. The molecule has 0 spiro atoms. The number of amides is 2. The van der Waals surface area contributed by atoms with E-state index >= 15 is 0 Å². The molecule has 0 unspecified atom stereocenters. The predicted octanol–water partition coefficient (Wildman–Crippen LogP) is 4.94. The molecule has 1 N–H and O–H groups in total. The van der Waals surface area contributed by atoms with Crippen LogP contribution in [0.3, 0.4) is 0 Å². The van der Waals surface area contributed by atoms with Crippen molar-refractivity contribution in [2.24, 2.45) is 0 Å². The number of aromatic nitrogens is 1. The lowest BCUT2D eigenvalue weighted by Crippen LogP contribution is -2.24. The lowest BCUT2D eigenvalue weighted by molar-refractivity contribution is -0.116. The molecule has 0 aliphatic rings. The molecule has 0 aliphatic carbocycles. The third kappa shape index (κ3) is 5.77. The van der Waals surface area contributed by atoms with Gasteiger partial charge >= 0.3 is 0 Å². The summed E-state index contributed by atoms with van der Waals surface area (Å²) in [6, 6.07) is 8.15. The SMILES string of the molecule is COc1cc(NC(=O)CCc2ncc(-c3ccc(Cl)cc3Cl)o2)c(C(=O)N(C)C)cc1OC. The van der Waals surface area contributed by atoms with Gasteiger partial charge in [0.05, 0.1) is 36.7 Å². The molecule has 0 bridgehead atoms. The van der Waals surface area contributed by atoms with Crippen molar-refractivity contribution in [1.82, 2.24) is 9.88 Å². The number of hydrogen-bond acceptors (Lipinski definition) is 6. The number of ether oxygens (including phenoxy) is 2. The molecule has 0 saturated heterocycles. The summed E-state index contributed by atoms with van der Waals surface area (Å²) in [5.41, 5.74) is 1.25. The Morgan fingerprint density at radius 3 is 2.42 bits per heavy atom. The van der Waals surface area contributed by atoms with E-state index in [1.807, 2.05) is 0 Å². The Kier molecular flexibility index (Phi) is 7.84. The van der Waals surface area contributed by atoms with Crippen molar-refractivity contribution in [2.45, 2.75) is 12.8 Å². The fourth-order valence-corrected chi connectivity index (χ4v) is 3.57. The highest BCUT2D eigenvalue weighted by molar-refractivity contribution is 6.36. The van der Waals surface area contributed by atoms with Gasteiger partial charge in [-0.05, 0) is 24.3 Å². The van der Waals surface area contributed by atoms with Crippen molar-refractivity contribution in [2.75, 3.05) is 33.6 Å². The van der Waals surface area contributed by atoms with Gasteiger partial charge in [-0.25, -0.2) is 4.98 Å². The van der Waals surface area contributed by atoms with Gasteiger partial charge in [0, 0.05) is 43.6 Å². The Labute approximate surface area is 201 Å².